The van der Waals surface area contributed by atoms with Gasteiger partial charge in [0, 0.05) is 30.3 Å². The molecule has 1 atom stereocenters. The summed E-state index contributed by atoms with van der Waals surface area (Å²) >= 11 is 1.84. The Hall–Kier alpha value is -0.550. The number of aliphatic hydroxyl groups excluding tert-OH is 1. The Morgan fingerprint density at radius 3 is 2.53 bits per heavy atom. The first-order chi connectivity index (χ1) is 9.26. The summed E-state index contributed by atoms with van der Waals surface area (Å²) in [5, 5.41) is 13.2. The smallest absolute Gasteiger partial charge is 0.0791 e. The molecule has 0 radical (unpaired) electrons. The van der Waals surface area contributed by atoms with E-state index in [0.29, 0.717) is 6.54 Å². The number of nitrogens with zero attached hydrogens (tertiary/aromatic N) is 1. The van der Waals surface area contributed by atoms with Crippen molar-refractivity contribution in [3.05, 3.63) is 30.3 Å². The molecule has 3 nitrogen and oxygen atoms in total. The number of rotatable bonds is 10. The van der Waals surface area contributed by atoms with Crippen molar-refractivity contribution < 1.29 is 5.11 Å². The van der Waals surface area contributed by atoms with E-state index in [0.717, 1.165) is 31.9 Å². The molecule has 0 aliphatic heterocycles. The van der Waals surface area contributed by atoms with Gasteiger partial charge in [0.05, 0.1) is 6.10 Å². The lowest BCUT2D eigenvalue weighted by molar-refractivity contribution is 0.117. The van der Waals surface area contributed by atoms with Crippen molar-refractivity contribution in [3.63, 3.8) is 0 Å². The molecule has 1 rings (SSSR count). The van der Waals surface area contributed by atoms with Crippen LogP contribution >= 0.6 is 11.8 Å². The van der Waals surface area contributed by atoms with Gasteiger partial charge in [0.25, 0.3) is 0 Å². The van der Waals surface area contributed by atoms with Crippen LogP contribution in [0.25, 0.3) is 0 Å². The third-order valence-electron chi connectivity index (χ3n) is 3.03. The van der Waals surface area contributed by atoms with E-state index < -0.39 is 0 Å². The number of hydrogen-bond acceptors (Lipinski definition) is 4. The summed E-state index contributed by atoms with van der Waals surface area (Å²) in [6.45, 7) is 8.60. The first-order valence-electron chi connectivity index (χ1n) is 7.05. The second-order valence-electron chi connectivity index (χ2n) is 4.51. The van der Waals surface area contributed by atoms with E-state index >= 15 is 0 Å². The van der Waals surface area contributed by atoms with Crippen LogP contribution in [0, 0.1) is 0 Å². The van der Waals surface area contributed by atoms with Crippen LogP contribution in [-0.2, 0) is 0 Å². The van der Waals surface area contributed by atoms with E-state index in [2.05, 4.69) is 48.3 Å². The van der Waals surface area contributed by atoms with Crippen LogP contribution in [0.2, 0.25) is 0 Å². The number of aliphatic hydroxyl groups is 1. The van der Waals surface area contributed by atoms with Crippen molar-refractivity contribution >= 4 is 11.8 Å². The second kappa shape index (κ2) is 10.3. The van der Waals surface area contributed by atoms with Gasteiger partial charge in [-0.15, -0.1) is 11.8 Å². The van der Waals surface area contributed by atoms with Crippen molar-refractivity contribution in [2.24, 2.45) is 0 Å². The molecule has 4 heteroatoms. The van der Waals surface area contributed by atoms with Crippen molar-refractivity contribution in [2.75, 3.05) is 38.5 Å². The number of thioether (sulfide) groups is 1. The van der Waals surface area contributed by atoms with E-state index in [9.17, 15) is 5.11 Å². The monoisotopic (exact) mass is 282 g/mol. The fourth-order valence-electron chi connectivity index (χ4n) is 1.87. The molecular weight excluding hydrogens is 256 g/mol. The molecule has 2 N–H and O–H groups in total. The Bertz CT molecular complexity index is 317. The lowest BCUT2D eigenvalue weighted by Gasteiger charge is -2.22. The maximum absolute atomic E-state index is 9.89. The number of hydrogen-bond donors (Lipinski definition) is 2. The average Bonchev–Trinajstić information content (AvgIpc) is 2.45. The molecule has 0 aromatic heterocycles. The zero-order chi connectivity index (χ0) is 13.9. The fraction of sp³-hybridized carbons (Fsp3) is 0.600. The van der Waals surface area contributed by atoms with Crippen molar-refractivity contribution in [1.29, 1.82) is 0 Å². The normalized spacial score (nSPS) is 12.8. The van der Waals surface area contributed by atoms with Crippen LogP contribution in [0.4, 0.5) is 0 Å². The minimum absolute atomic E-state index is 0.276. The van der Waals surface area contributed by atoms with Gasteiger partial charge in [0.1, 0.15) is 0 Å². The molecule has 0 fully saturated rings. The van der Waals surface area contributed by atoms with Crippen molar-refractivity contribution in [1.82, 2.24) is 10.2 Å². The van der Waals surface area contributed by atoms with Crippen LogP contribution < -0.4 is 5.32 Å². The molecule has 0 aliphatic carbocycles. The summed E-state index contributed by atoms with van der Waals surface area (Å²) in [6.07, 6.45) is -0.276. The zero-order valence-corrected chi connectivity index (χ0v) is 12.8. The Morgan fingerprint density at radius 2 is 1.89 bits per heavy atom. The number of likely N-dealkylation sites (N-methyl/N-ethyl adjacent to an activating group) is 1. The summed E-state index contributed by atoms with van der Waals surface area (Å²) in [7, 11) is 0. The first-order valence-corrected chi connectivity index (χ1v) is 8.03. The molecule has 1 unspecified atom stereocenters. The van der Waals surface area contributed by atoms with Crippen molar-refractivity contribution in [3.8, 4) is 0 Å². The van der Waals surface area contributed by atoms with Crippen molar-refractivity contribution in [2.45, 2.75) is 24.8 Å². The van der Waals surface area contributed by atoms with Gasteiger partial charge in [-0.2, -0.15) is 0 Å². The van der Waals surface area contributed by atoms with Gasteiger partial charge >= 0.3 is 0 Å². The predicted molar refractivity (Wildman–Crippen MR) is 83.8 cm³/mol. The third kappa shape index (κ3) is 7.57. The van der Waals surface area contributed by atoms with Crippen LogP contribution in [0.3, 0.4) is 0 Å². The minimum Gasteiger partial charge on any atom is -0.390 e. The SMILES string of the molecule is CCN(CC)CC(O)CNCCSc1ccccc1. The third-order valence-corrected chi connectivity index (χ3v) is 4.05. The summed E-state index contributed by atoms with van der Waals surface area (Å²) < 4.78 is 0. The second-order valence-corrected chi connectivity index (χ2v) is 5.67. The Morgan fingerprint density at radius 1 is 1.21 bits per heavy atom. The lowest BCUT2D eigenvalue weighted by Crippen LogP contribution is -2.38. The molecule has 0 spiro atoms. The number of nitrogens with one attached hydrogen (secondary N) is 1. The topological polar surface area (TPSA) is 35.5 Å². The van der Waals surface area contributed by atoms with Crippen LogP contribution in [0.15, 0.2) is 35.2 Å². The minimum atomic E-state index is -0.276. The first kappa shape index (κ1) is 16.5. The van der Waals surface area contributed by atoms with E-state index in [1.807, 2.05) is 17.8 Å². The molecule has 0 saturated carbocycles. The highest BCUT2D eigenvalue weighted by Gasteiger charge is 2.07. The van der Waals surface area contributed by atoms with Crippen LogP contribution in [0.1, 0.15) is 13.8 Å². The maximum Gasteiger partial charge on any atom is 0.0791 e. The summed E-state index contributed by atoms with van der Waals surface area (Å²) in [4.78, 5) is 3.54. The molecule has 0 heterocycles. The highest BCUT2D eigenvalue weighted by atomic mass is 32.2. The van der Waals surface area contributed by atoms with Gasteiger partial charge in [-0.25, -0.2) is 0 Å². The average molecular weight is 282 g/mol. The van der Waals surface area contributed by atoms with Gasteiger partial charge in [0.2, 0.25) is 0 Å². The van der Waals surface area contributed by atoms with Gasteiger partial charge < -0.3 is 15.3 Å². The Balaban J connectivity index is 2.04. The van der Waals surface area contributed by atoms with Gasteiger partial charge in [-0.3, -0.25) is 0 Å². The summed E-state index contributed by atoms with van der Waals surface area (Å²) in [5.41, 5.74) is 0. The molecule has 1 aromatic carbocycles. The summed E-state index contributed by atoms with van der Waals surface area (Å²) in [5.74, 6) is 1.03. The molecule has 1 aromatic rings. The molecule has 0 bridgehead atoms. The highest BCUT2D eigenvalue weighted by molar-refractivity contribution is 7.99. The van der Waals surface area contributed by atoms with Gasteiger partial charge in [0.15, 0.2) is 0 Å². The van der Waals surface area contributed by atoms with Gasteiger partial charge in [-0.1, -0.05) is 32.0 Å². The molecule has 19 heavy (non-hydrogen) atoms. The van der Waals surface area contributed by atoms with Crippen LogP contribution in [-0.4, -0.2) is 54.6 Å². The maximum atomic E-state index is 9.89. The summed E-state index contributed by atoms with van der Waals surface area (Å²) in [6, 6.07) is 10.4. The van der Waals surface area contributed by atoms with E-state index in [-0.39, 0.29) is 6.10 Å². The standard InChI is InChI=1S/C15H26N2OS/c1-3-17(4-2)13-14(18)12-16-10-11-19-15-8-6-5-7-9-15/h5-9,14,16,18H,3-4,10-13H2,1-2H3. The lowest BCUT2D eigenvalue weighted by atomic mass is 10.3. The largest absolute Gasteiger partial charge is 0.390 e. The molecule has 0 aliphatic rings. The Kier molecular flexibility index (Phi) is 8.91. The fourth-order valence-corrected chi connectivity index (χ4v) is 2.70. The molecule has 108 valence electrons. The van der Waals surface area contributed by atoms with Gasteiger partial charge in [-0.05, 0) is 25.2 Å². The van der Waals surface area contributed by atoms with Crippen LogP contribution in [0.5, 0.6) is 0 Å². The highest BCUT2D eigenvalue weighted by Crippen LogP contribution is 2.15. The van der Waals surface area contributed by atoms with E-state index in [4.69, 9.17) is 0 Å². The predicted octanol–water partition coefficient (Wildman–Crippen LogP) is 2.07. The number of benzene rings is 1. The Labute approximate surface area is 121 Å². The quantitative estimate of drug-likeness (QED) is 0.509. The molecule has 0 saturated heterocycles. The van der Waals surface area contributed by atoms with E-state index in [1.54, 1.807) is 0 Å². The van der Waals surface area contributed by atoms with E-state index in [1.165, 1.54) is 4.90 Å². The zero-order valence-electron chi connectivity index (χ0n) is 12.0. The molecule has 0 amide bonds. The molecular formula is C15H26N2OS.